The van der Waals surface area contributed by atoms with E-state index in [-0.39, 0.29) is 18.0 Å². The minimum absolute atomic E-state index is 0.000509. The number of ketones is 1. The molecule has 0 aliphatic rings. The molecule has 0 amide bonds. The first-order valence-electron chi connectivity index (χ1n) is 5.19. The van der Waals surface area contributed by atoms with Gasteiger partial charge in [0, 0.05) is 6.42 Å². The van der Waals surface area contributed by atoms with Crippen molar-refractivity contribution in [2.24, 2.45) is 0 Å². The van der Waals surface area contributed by atoms with Crippen LogP contribution >= 0.6 is 0 Å². The molecule has 0 heterocycles. The summed E-state index contributed by atoms with van der Waals surface area (Å²) in [6.07, 6.45) is 2.22. The van der Waals surface area contributed by atoms with Crippen LogP contribution in [0.4, 0.5) is 0 Å². The maximum Gasteiger partial charge on any atom is 0.344 e. The second kappa shape index (κ2) is 8.03. The molecule has 0 aromatic carbocycles. The molecule has 0 spiro atoms. The Morgan fingerprint density at radius 1 is 1.13 bits per heavy atom. The summed E-state index contributed by atoms with van der Waals surface area (Å²) in [6.45, 7) is 6.02. The van der Waals surface area contributed by atoms with E-state index in [2.05, 4.69) is 0 Å². The molecule has 0 aromatic heterocycles. The van der Waals surface area contributed by atoms with E-state index in [4.69, 9.17) is 9.47 Å². The number of Topliss-reactive ketones (excluding diaryl/α,β-unsaturated/α-hetero) is 1. The predicted molar refractivity (Wildman–Crippen MR) is 56.3 cm³/mol. The highest BCUT2D eigenvalue weighted by Crippen LogP contribution is 2.06. The van der Waals surface area contributed by atoms with Crippen LogP contribution in [0.3, 0.4) is 0 Å². The Hall–Kier alpha value is -1.32. The third-order valence-electron chi connectivity index (χ3n) is 1.64. The fourth-order valence-electron chi connectivity index (χ4n) is 0.965. The molecule has 0 atom stereocenters. The van der Waals surface area contributed by atoms with Gasteiger partial charge < -0.3 is 9.47 Å². The molecule has 0 rings (SSSR count). The van der Waals surface area contributed by atoms with Gasteiger partial charge in [0.1, 0.15) is 11.8 Å². The average molecular weight is 214 g/mol. The van der Waals surface area contributed by atoms with Crippen LogP contribution in [0, 0.1) is 0 Å². The van der Waals surface area contributed by atoms with E-state index in [0.717, 1.165) is 0 Å². The van der Waals surface area contributed by atoms with Gasteiger partial charge in [-0.05, 0) is 20.3 Å². The molecule has 0 fully saturated rings. The molecule has 4 nitrogen and oxygen atoms in total. The van der Waals surface area contributed by atoms with Crippen molar-refractivity contribution in [3.63, 3.8) is 0 Å². The first-order valence-corrected chi connectivity index (χ1v) is 5.19. The molecule has 0 saturated heterocycles. The highest BCUT2D eigenvalue weighted by Gasteiger charge is 2.18. The average Bonchev–Trinajstić information content (AvgIpc) is 2.19. The molecule has 0 N–H and O–H groups in total. The molecule has 0 unspecified atom stereocenters. The monoisotopic (exact) mass is 214 g/mol. The molecule has 0 aromatic rings. The molecule has 0 aliphatic carbocycles. The van der Waals surface area contributed by atoms with Crippen LogP contribution in [0.25, 0.3) is 0 Å². The van der Waals surface area contributed by atoms with Crippen molar-refractivity contribution < 1.29 is 19.1 Å². The predicted octanol–water partition coefficient (Wildman–Crippen LogP) is 1.84. The van der Waals surface area contributed by atoms with E-state index in [1.165, 1.54) is 6.26 Å². The van der Waals surface area contributed by atoms with Gasteiger partial charge in [-0.15, -0.1) is 0 Å². The molecule has 86 valence electrons. The van der Waals surface area contributed by atoms with E-state index in [0.29, 0.717) is 19.4 Å². The zero-order valence-corrected chi connectivity index (χ0v) is 9.54. The van der Waals surface area contributed by atoms with Crippen molar-refractivity contribution in [3.05, 3.63) is 11.8 Å². The first kappa shape index (κ1) is 13.7. The van der Waals surface area contributed by atoms with Gasteiger partial charge in [0.15, 0.2) is 5.78 Å². The standard InChI is InChI=1S/C11H18O4/c1-4-7-10(12)9(8-14-5-2)11(13)15-6-3/h8H,4-7H2,1-3H3/b9-8+. The summed E-state index contributed by atoms with van der Waals surface area (Å²) in [6, 6.07) is 0. The number of esters is 1. The minimum atomic E-state index is -0.607. The van der Waals surface area contributed by atoms with Crippen molar-refractivity contribution in [2.45, 2.75) is 33.6 Å². The highest BCUT2D eigenvalue weighted by molar-refractivity contribution is 6.17. The quantitative estimate of drug-likeness (QED) is 0.213. The number of carbonyl (C=O) groups is 2. The Balaban J connectivity index is 4.57. The Morgan fingerprint density at radius 2 is 1.80 bits per heavy atom. The van der Waals surface area contributed by atoms with Crippen LogP contribution in [0.15, 0.2) is 11.8 Å². The van der Waals surface area contributed by atoms with Crippen LogP contribution in [-0.2, 0) is 19.1 Å². The van der Waals surface area contributed by atoms with Gasteiger partial charge in [-0.2, -0.15) is 0 Å². The van der Waals surface area contributed by atoms with Gasteiger partial charge in [-0.3, -0.25) is 4.79 Å². The lowest BCUT2D eigenvalue weighted by molar-refractivity contribution is -0.140. The smallest absolute Gasteiger partial charge is 0.344 e. The third kappa shape index (κ3) is 5.20. The van der Waals surface area contributed by atoms with Gasteiger partial charge in [0.25, 0.3) is 0 Å². The zero-order chi connectivity index (χ0) is 11.7. The number of carbonyl (C=O) groups excluding carboxylic acids is 2. The molecule has 4 heteroatoms. The topological polar surface area (TPSA) is 52.6 Å². The van der Waals surface area contributed by atoms with Gasteiger partial charge in [0.05, 0.1) is 13.2 Å². The number of ether oxygens (including phenoxy) is 2. The van der Waals surface area contributed by atoms with Crippen molar-refractivity contribution in [1.82, 2.24) is 0 Å². The Kier molecular flexibility index (Phi) is 7.32. The fourth-order valence-corrected chi connectivity index (χ4v) is 0.965. The summed E-state index contributed by atoms with van der Waals surface area (Å²) < 4.78 is 9.71. The van der Waals surface area contributed by atoms with Crippen molar-refractivity contribution in [3.8, 4) is 0 Å². The van der Waals surface area contributed by atoms with E-state index in [1.54, 1.807) is 13.8 Å². The first-order chi connectivity index (χ1) is 7.17. The minimum Gasteiger partial charge on any atom is -0.500 e. The molecule has 0 saturated carbocycles. The fraction of sp³-hybridized carbons (Fsp3) is 0.636. The summed E-state index contributed by atoms with van der Waals surface area (Å²) in [7, 11) is 0. The SMILES string of the molecule is CCCC(=O)/C(=C\OCC)C(=O)OCC. The van der Waals surface area contributed by atoms with E-state index < -0.39 is 5.97 Å². The van der Waals surface area contributed by atoms with Gasteiger partial charge in [-0.1, -0.05) is 6.92 Å². The zero-order valence-electron chi connectivity index (χ0n) is 9.54. The maximum absolute atomic E-state index is 11.5. The van der Waals surface area contributed by atoms with Crippen LogP contribution in [-0.4, -0.2) is 25.0 Å². The Bertz CT molecular complexity index is 223. The molecule has 15 heavy (non-hydrogen) atoms. The van der Waals surface area contributed by atoms with Crippen molar-refractivity contribution in [2.75, 3.05) is 13.2 Å². The van der Waals surface area contributed by atoms with E-state index in [9.17, 15) is 9.59 Å². The molecule has 0 radical (unpaired) electrons. The number of hydrogen-bond acceptors (Lipinski definition) is 4. The van der Waals surface area contributed by atoms with Gasteiger partial charge in [-0.25, -0.2) is 4.79 Å². The Morgan fingerprint density at radius 3 is 2.27 bits per heavy atom. The van der Waals surface area contributed by atoms with Gasteiger partial charge in [0.2, 0.25) is 0 Å². The summed E-state index contributed by atoms with van der Waals surface area (Å²) >= 11 is 0. The lowest BCUT2D eigenvalue weighted by Crippen LogP contribution is -2.16. The Labute approximate surface area is 90.2 Å². The highest BCUT2D eigenvalue weighted by atomic mass is 16.5. The summed E-state index contributed by atoms with van der Waals surface area (Å²) in [4.78, 5) is 22.9. The molecule has 0 bridgehead atoms. The second-order valence-corrected chi connectivity index (χ2v) is 2.88. The van der Waals surface area contributed by atoms with Gasteiger partial charge >= 0.3 is 5.97 Å². The molecular weight excluding hydrogens is 196 g/mol. The van der Waals surface area contributed by atoms with E-state index in [1.807, 2.05) is 6.92 Å². The van der Waals surface area contributed by atoms with Crippen molar-refractivity contribution in [1.29, 1.82) is 0 Å². The largest absolute Gasteiger partial charge is 0.500 e. The van der Waals surface area contributed by atoms with Crippen LogP contribution in [0.5, 0.6) is 0 Å². The summed E-state index contributed by atoms with van der Waals surface area (Å²) in [5.41, 5.74) is 0.000509. The second-order valence-electron chi connectivity index (χ2n) is 2.88. The molecular formula is C11H18O4. The molecule has 0 aliphatic heterocycles. The maximum atomic E-state index is 11.5. The number of rotatable bonds is 7. The number of hydrogen-bond donors (Lipinski definition) is 0. The lowest BCUT2D eigenvalue weighted by Gasteiger charge is -2.05. The van der Waals surface area contributed by atoms with Crippen LogP contribution < -0.4 is 0 Å². The third-order valence-corrected chi connectivity index (χ3v) is 1.64. The lowest BCUT2D eigenvalue weighted by atomic mass is 10.1. The van der Waals surface area contributed by atoms with Crippen LogP contribution in [0.1, 0.15) is 33.6 Å². The summed E-state index contributed by atoms with van der Waals surface area (Å²) in [5, 5.41) is 0. The summed E-state index contributed by atoms with van der Waals surface area (Å²) in [5.74, 6) is -0.839. The normalized spacial score (nSPS) is 11.0. The van der Waals surface area contributed by atoms with Crippen LogP contribution in [0.2, 0.25) is 0 Å². The van der Waals surface area contributed by atoms with E-state index >= 15 is 0 Å². The van der Waals surface area contributed by atoms with Crippen molar-refractivity contribution >= 4 is 11.8 Å².